The van der Waals surface area contributed by atoms with Gasteiger partial charge in [0.2, 0.25) is 5.91 Å². The number of carbonyl (C=O) groups excluding carboxylic acids is 3. The summed E-state index contributed by atoms with van der Waals surface area (Å²) < 4.78 is 10.3. The molecule has 1 aliphatic heterocycles. The quantitative estimate of drug-likeness (QED) is 0.747. The fraction of sp³-hybridized carbons (Fsp3) is 0.500. The van der Waals surface area contributed by atoms with Gasteiger partial charge in [0.05, 0.1) is 24.0 Å². The Labute approximate surface area is 151 Å². The van der Waals surface area contributed by atoms with Crippen molar-refractivity contribution in [3.63, 3.8) is 0 Å². The summed E-state index contributed by atoms with van der Waals surface area (Å²) in [6.07, 6.45) is -0.0313. The summed E-state index contributed by atoms with van der Waals surface area (Å²) >= 11 is 1.32. The Bertz CT molecular complexity index is 668. The second kappa shape index (κ2) is 7.91. The number of fused-ring (bicyclic) bond motifs is 1. The number of esters is 2. The van der Waals surface area contributed by atoms with Crippen LogP contribution in [0.25, 0.3) is 0 Å². The number of thioether (sulfide) groups is 1. The number of rotatable bonds is 5. The average Bonchev–Trinajstić information content (AvgIpc) is 2.50. The number of para-hydroxylation sites is 1. The van der Waals surface area contributed by atoms with Gasteiger partial charge >= 0.3 is 11.9 Å². The van der Waals surface area contributed by atoms with Crippen molar-refractivity contribution in [3.05, 3.63) is 24.3 Å². The molecule has 6 nitrogen and oxygen atoms in total. The number of nitrogens with zero attached hydrogens (tertiary/aromatic N) is 1. The molecule has 0 spiro atoms. The first-order valence-corrected chi connectivity index (χ1v) is 9.03. The molecule has 1 heterocycles. The van der Waals surface area contributed by atoms with Gasteiger partial charge in [0.25, 0.3) is 0 Å². The summed E-state index contributed by atoms with van der Waals surface area (Å²) in [5.41, 5.74) is 0.0256. The molecule has 0 bridgehead atoms. The van der Waals surface area contributed by atoms with Crippen LogP contribution < -0.4 is 4.90 Å². The molecule has 0 radical (unpaired) electrons. The lowest BCUT2D eigenvalue weighted by atomic mass is 10.2. The Morgan fingerprint density at radius 3 is 2.52 bits per heavy atom. The summed E-state index contributed by atoms with van der Waals surface area (Å²) in [5, 5.41) is -0.614. The highest BCUT2D eigenvalue weighted by atomic mass is 32.2. The molecule has 136 valence electrons. The number of amides is 1. The third-order valence-electron chi connectivity index (χ3n) is 3.33. The Hall–Kier alpha value is -2.02. The molecule has 1 unspecified atom stereocenters. The SMILES string of the molecule is CCOC(=O)CC1Sc2ccccc2N(CC(=O)OC(C)(C)C)C1=O. The van der Waals surface area contributed by atoms with Gasteiger partial charge in [-0.2, -0.15) is 0 Å². The number of ether oxygens (including phenoxy) is 2. The third kappa shape index (κ3) is 5.22. The van der Waals surface area contributed by atoms with Gasteiger partial charge in [-0.15, -0.1) is 11.8 Å². The second-order valence-corrected chi connectivity index (χ2v) is 7.84. The van der Waals surface area contributed by atoms with E-state index in [1.807, 2.05) is 12.1 Å². The van der Waals surface area contributed by atoms with Gasteiger partial charge in [0.1, 0.15) is 12.1 Å². The summed E-state index contributed by atoms with van der Waals surface area (Å²) in [4.78, 5) is 39.0. The maximum atomic E-state index is 12.8. The minimum atomic E-state index is -0.630. The summed E-state index contributed by atoms with van der Waals surface area (Å²) in [5.74, 6) is -1.20. The van der Waals surface area contributed by atoms with Crippen molar-refractivity contribution in [2.75, 3.05) is 18.1 Å². The number of carbonyl (C=O) groups is 3. The number of hydrogen-bond acceptors (Lipinski definition) is 6. The molecule has 0 saturated heterocycles. The minimum Gasteiger partial charge on any atom is -0.466 e. The summed E-state index contributed by atoms with van der Waals surface area (Å²) in [6, 6.07) is 7.31. The van der Waals surface area contributed by atoms with Crippen molar-refractivity contribution in [2.45, 2.75) is 49.9 Å². The maximum Gasteiger partial charge on any atom is 0.326 e. The molecule has 25 heavy (non-hydrogen) atoms. The summed E-state index contributed by atoms with van der Waals surface area (Å²) in [7, 11) is 0. The zero-order valence-electron chi connectivity index (χ0n) is 14.9. The standard InChI is InChI=1S/C18H23NO5S/c1-5-23-15(20)10-14-17(22)19(11-16(21)24-18(2,3)4)12-8-6-7-9-13(12)25-14/h6-9,14H,5,10-11H2,1-4H3. The predicted molar refractivity (Wildman–Crippen MR) is 95.5 cm³/mol. The van der Waals surface area contributed by atoms with Crippen molar-refractivity contribution in [2.24, 2.45) is 0 Å². The normalized spacial score (nSPS) is 17.0. The van der Waals surface area contributed by atoms with E-state index in [4.69, 9.17) is 9.47 Å². The van der Waals surface area contributed by atoms with E-state index >= 15 is 0 Å². The fourth-order valence-corrected chi connectivity index (χ4v) is 3.65. The molecule has 0 saturated carbocycles. The molecular formula is C18H23NO5S. The first-order chi connectivity index (χ1) is 11.7. The zero-order chi connectivity index (χ0) is 18.6. The molecule has 1 aromatic rings. The highest BCUT2D eigenvalue weighted by Gasteiger charge is 2.36. The molecule has 7 heteroatoms. The lowest BCUT2D eigenvalue weighted by Crippen LogP contribution is -2.45. The van der Waals surface area contributed by atoms with Gasteiger partial charge in [0.15, 0.2) is 0 Å². The first kappa shape index (κ1) is 19.3. The van der Waals surface area contributed by atoms with E-state index in [2.05, 4.69) is 0 Å². The molecular weight excluding hydrogens is 342 g/mol. The predicted octanol–water partition coefficient (Wildman–Crippen LogP) is 2.79. The molecule has 0 N–H and O–H groups in total. The van der Waals surface area contributed by atoms with Crippen molar-refractivity contribution in [1.29, 1.82) is 0 Å². The van der Waals surface area contributed by atoms with E-state index in [9.17, 15) is 14.4 Å². The van der Waals surface area contributed by atoms with E-state index in [-0.39, 0.29) is 25.5 Å². The largest absolute Gasteiger partial charge is 0.466 e. The maximum absolute atomic E-state index is 12.8. The van der Waals surface area contributed by atoms with Crippen molar-refractivity contribution in [1.82, 2.24) is 0 Å². The lowest BCUT2D eigenvalue weighted by Gasteiger charge is -2.33. The van der Waals surface area contributed by atoms with Gasteiger partial charge in [-0.1, -0.05) is 12.1 Å². The van der Waals surface area contributed by atoms with E-state index in [1.54, 1.807) is 39.8 Å². The Morgan fingerprint density at radius 2 is 1.88 bits per heavy atom. The van der Waals surface area contributed by atoms with E-state index in [1.165, 1.54) is 16.7 Å². The topological polar surface area (TPSA) is 72.9 Å². The van der Waals surface area contributed by atoms with Gasteiger partial charge in [-0.05, 0) is 39.8 Å². The molecule has 1 aromatic carbocycles. The van der Waals surface area contributed by atoms with Crippen LogP contribution in [-0.2, 0) is 23.9 Å². The van der Waals surface area contributed by atoms with E-state index in [0.29, 0.717) is 5.69 Å². The van der Waals surface area contributed by atoms with E-state index < -0.39 is 22.8 Å². The van der Waals surface area contributed by atoms with Crippen LogP contribution in [0.3, 0.4) is 0 Å². The van der Waals surface area contributed by atoms with Gasteiger partial charge in [-0.3, -0.25) is 19.3 Å². The Morgan fingerprint density at radius 1 is 1.20 bits per heavy atom. The van der Waals surface area contributed by atoms with Crippen LogP contribution in [0.4, 0.5) is 5.69 Å². The van der Waals surface area contributed by atoms with Gasteiger partial charge in [0, 0.05) is 4.90 Å². The number of benzene rings is 1. The molecule has 2 rings (SSSR count). The van der Waals surface area contributed by atoms with Crippen LogP contribution in [0.1, 0.15) is 34.1 Å². The highest BCUT2D eigenvalue weighted by molar-refractivity contribution is 8.01. The Kier molecular flexibility index (Phi) is 6.11. The number of hydrogen-bond donors (Lipinski definition) is 0. The van der Waals surface area contributed by atoms with E-state index in [0.717, 1.165) is 4.90 Å². The molecule has 1 amide bonds. The number of anilines is 1. The van der Waals surface area contributed by atoms with Crippen molar-refractivity contribution in [3.8, 4) is 0 Å². The molecule has 0 aliphatic carbocycles. The van der Waals surface area contributed by atoms with Crippen LogP contribution >= 0.6 is 11.8 Å². The van der Waals surface area contributed by atoms with Crippen LogP contribution in [-0.4, -0.2) is 41.8 Å². The monoisotopic (exact) mass is 365 g/mol. The van der Waals surface area contributed by atoms with Crippen LogP contribution in [0.15, 0.2) is 29.2 Å². The van der Waals surface area contributed by atoms with Crippen LogP contribution in [0.2, 0.25) is 0 Å². The van der Waals surface area contributed by atoms with Crippen molar-refractivity contribution < 1.29 is 23.9 Å². The van der Waals surface area contributed by atoms with Crippen LogP contribution in [0, 0.1) is 0 Å². The Balaban J connectivity index is 2.22. The lowest BCUT2D eigenvalue weighted by molar-refractivity contribution is -0.153. The third-order valence-corrected chi connectivity index (χ3v) is 4.58. The minimum absolute atomic E-state index is 0.0313. The summed E-state index contributed by atoms with van der Waals surface area (Å²) in [6.45, 7) is 7.12. The smallest absolute Gasteiger partial charge is 0.326 e. The van der Waals surface area contributed by atoms with Gasteiger partial charge < -0.3 is 9.47 Å². The zero-order valence-corrected chi connectivity index (χ0v) is 15.7. The van der Waals surface area contributed by atoms with Gasteiger partial charge in [-0.25, -0.2) is 0 Å². The fourth-order valence-electron chi connectivity index (χ4n) is 2.44. The molecule has 1 atom stereocenters. The molecule has 1 aliphatic rings. The second-order valence-electron chi connectivity index (χ2n) is 6.59. The van der Waals surface area contributed by atoms with Crippen molar-refractivity contribution >= 4 is 35.3 Å². The molecule has 0 aromatic heterocycles. The molecule has 0 fully saturated rings. The highest BCUT2D eigenvalue weighted by Crippen LogP contribution is 2.40. The average molecular weight is 365 g/mol. The first-order valence-electron chi connectivity index (χ1n) is 8.16. The van der Waals surface area contributed by atoms with Crippen LogP contribution in [0.5, 0.6) is 0 Å².